The van der Waals surface area contributed by atoms with Crippen LogP contribution in [0.3, 0.4) is 0 Å². The van der Waals surface area contributed by atoms with Crippen molar-refractivity contribution in [1.82, 2.24) is 10.3 Å². The first kappa shape index (κ1) is 11.6. The Balaban J connectivity index is 1.78. The number of nitrogens with one attached hydrogen (secondary N) is 2. The SMILES string of the molecule is O=C(CCCl)NC1Cc2[nH]c3ccccc3c2C1. The van der Waals surface area contributed by atoms with Gasteiger partial charge < -0.3 is 10.3 Å². The molecule has 1 unspecified atom stereocenters. The van der Waals surface area contributed by atoms with Crippen LogP contribution < -0.4 is 5.32 Å². The van der Waals surface area contributed by atoms with E-state index < -0.39 is 0 Å². The average Bonchev–Trinajstić information content (AvgIpc) is 2.86. The van der Waals surface area contributed by atoms with Crippen LogP contribution in [0.1, 0.15) is 17.7 Å². The van der Waals surface area contributed by atoms with E-state index in [0.717, 1.165) is 12.8 Å². The second-order valence-corrected chi connectivity index (χ2v) is 5.12. The maximum Gasteiger partial charge on any atom is 0.221 e. The minimum Gasteiger partial charge on any atom is -0.358 e. The predicted octanol–water partition coefficient (Wildman–Crippen LogP) is 2.38. The molecule has 1 amide bonds. The Kier molecular flexibility index (Phi) is 3.00. The fourth-order valence-electron chi connectivity index (χ4n) is 2.72. The molecular weight excluding hydrogens is 248 g/mol. The number of alkyl halides is 1. The second-order valence-electron chi connectivity index (χ2n) is 4.74. The van der Waals surface area contributed by atoms with Gasteiger partial charge in [0.25, 0.3) is 0 Å². The highest BCUT2D eigenvalue weighted by Gasteiger charge is 2.26. The zero-order valence-corrected chi connectivity index (χ0v) is 10.8. The lowest BCUT2D eigenvalue weighted by Crippen LogP contribution is -2.35. The molecule has 1 aliphatic carbocycles. The standard InChI is InChI=1S/C14H15ClN2O/c15-6-5-14(18)16-9-7-11-10-3-1-2-4-12(10)17-13(11)8-9/h1-4,9,17H,5-8H2,(H,16,18). The summed E-state index contributed by atoms with van der Waals surface area (Å²) in [6, 6.07) is 8.53. The number of H-pyrrole nitrogens is 1. The molecular formula is C14H15ClN2O. The lowest BCUT2D eigenvalue weighted by Gasteiger charge is -2.11. The highest BCUT2D eigenvalue weighted by molar-refractivity contribution is 6.18. The first-order valence-electron chi connectivity index (χ1n) is 6.21. The molecule has 1 aliphatic rings. The first-order valence-corrected chi connectivity index (χ1v) is 6.75. The van der Waals surface area contributed by atoms with Gasteiger partial charge >= 0.3 is 0 Å². The Morgan fingerprint density at radius 1 is 1.39 bits per heavy atom. The van der Waals surface area contributed by atoms with Crippen molar-refractivity contribution in [3.05, 3.63) is 35.5 Å². The summed E-state index contributed by atoms with van der Waals surface area (Å²) in [5, 5.41) is 4.31. The van der Waals surface area contributed by atoms with Crippen molar-refractivity contribution >= 4 is 28.4 Å². The molecule has 0 saturated carbocycles. The molecule has 1 heterocycles. The smallest absolute Gasteiger partial charge is 0.221 e. The zero-order valence-electron chi connectivity index (χ0n) is 10.0. The average molecular weight is 263 g/mol. The molecule has 0 aliphatic heterocycles. The Morgan fingerprint density at radius 2 is 2.22 bits per heavy atom. The van der Waals surface area contributed by atoms with Crippen LogP contribution in [0.15, 0.2) is 24.3 Å². The van der Waals surface area contributed by atoms with Crippen molar-refractivity contribution < 1.29 is 4.79 Å². The minimum atomic E-state index is 0.0458. The fraction of sp³-hybridized carbons (Fsp3) is 0.357. The summed E-state index contributed by atoms with van der Waals surface area (Å²) in [5.74, 6) is 0.428. The molecule has 1 aromatic heterocycles. The van der Waals surface area contributed by atoms with Gasteiger partial charge in [-0.05, 0) is 18.1 Å². The number of amides is 1. The number of carbonyl (C=O) groups is 1. The molecule has 0 radical (unpaired) electrons. The van der Waals surface area contributed by atoms with Gasteiger partial charge in [-0.2, -0.15) is 0 Å². The molecule has 1 aromatic carbocycles. The minimum absolute atomic E-state index is 0.0458. The van der Waals surface area contributed by atoms with E-state index in [4.69, 9.17) is 11.6 Å². The summed E-state index contributed by atoms with van der Waals surface area (Å²) in [6.07, 6.45) is 2.19. The Bertz CT molecular complexity index is 590. The molecule has 0 saturated heterocycles. The van der Waals surface area contributed by atoms with Crippen LogP contribution in [0, 0.1) is 0 Å². The number of fused-ring (bicyclic) bond motifs is 3. The van der Waals surface area contributed by atoms with Crippen molar-refractivity contribution in [1.29, 1.82) is 0 Å². The largest absolute Gasteiger partial charge is 0.358 e. The maximum atomic E-state index is 11.5. The molecule has 0 spiro atoms. The number of hydrogen-bond acceptors (Lipinski definition) is 1. The van der Waals surface area contributed by atoms with E-state index in [1.54, 1.807) is 0 Å². The molecule has 18 heavy (non-hydrogen) atoms. The third kappa shape index (κ3) is 1.99. The molecule has 0 fully saturated rings. The third-order valence-electron chi connectivity index (χ3n) is 3.49. The summed E-state index contributed by atoms with van der Waals surface area (Å²) in [6.45, 7) is 0. The van der Waals surface area contributed by atoms with Crippen LogP contribution >= 0.6 is 11.6 Å². The highest BCUT2D eigenvalue weighted by atomic mass is 35.5. The summed E-state index contributed by atoms with van der Waals surface area (Å²) in [7, 11) is 0. The number of rotatable bonds is 3. The Morgan fingerprint density at radius 3 is 3.06 bits per heavy atom. The number of benzene rings is 1. The number of aromatic amines is 1. The van der Waals surface area contributed by atoms with E-state index in [-0.39, 0.29) is 11.9 Å². The summed E-state index contributed by atoms with van der Waals surface area (Å²) in [5.41, 5.74) is 3.79. The van der Waals surface area contributed by atoms with Gasteiger partial charge in [-0.1, -0.05) is 18.2 Å². The van der Waals surface area contributed by atoms with E-state index in [0.29, 0.717) is 12.3 Å². The molecule has 2 N–H and O–H groups in total. The number of hydrogen-bond donors (Lipinski definition) is 2. The van der Waals surface area contributed by atoms with Crippen molar-refractivity contribution in [3.8, 4) is 0 Å². The quantitative estimate of drug-likeness (QED) is 0.820. The molecule has 3 nitrogen and oxygen atoms in total. The van der Waals surface area contributed by atoms with Gasteiger partial charge in [0.1, 0.15) is 0 Å². The van der Waals surface area contributed by atoms with Crippen LogP contribution in [0.25, 0.3) is 10.9 Å². The summed E-state index contributed by atoms with van der Waals surface area (Å²) < 4.78 is 0. The molecule has 94 valence electrons. The maximum absolute atomic E-state index is 11.5. The van der Waals surface area contributed by atoms with Gasteiger partial charge in [-0.3, -0.25) is 4.79 Å². The zero-order chi connectivity index (χ0) is 12.5. The van der Waals surface area contributed by atoms with Crippen molar-refractivity contribution in [3.63, 3.8) is 0 Å². The number of aromatic nitrogens is 1. The number of para-hydroxylation sites is 1. The molecule has 1 atom stereocenters. The van der Waals surface area contributed by atoms with Crippen LogP contribution in [-0.2, 0) is 17.6 Å². The normalized spacial score (nSPS) is 17.9. The van der Waals surface area contributed by atoms with E-state index in [9.17, 15) is 4.79 Å². The lowest BCUT2D eigenvalue weighted by molar-refractivity contribution is -0.121. The monoisotopic (exact) mass is 262 g/mol. The molecule has 4 heteroatoms. The second kappa shape index (κ2) is 4.65. The Labute approximate surface area is 111 Å². The fourth-order valence-corrected chi connectivity index (χ4v) is 2.89. The van der Waals surface area contributed by atoms with Gasteiger partial charge in [0.2, 0.25) is 5.91 Å². The highest BCUT2D eigenvalue weighted by Crippen LogP contribution is 2.29. The predicted molar refractivity (Wildman–Crippen MR) is 73.0 cm³/mol. The number of carbonyl (C=O) groups excluding carboxylic acids is 1. The third-order valence-corrected chi connectivity index (χ3v) is 3.68. The lowest BCUT2D eigenvalue weighted by atomic mass is 10.1. The summed E-state index contributed by atoms with van der Waals surface area (Å²) in [4.78, 5) is 15.0. The molecule has 2 aromatic rings. The van der Waals surface area contributed by atoms with Gasteiger partial charge in [0.15, 0.2) is 0 Å². The van der Waals surface area contributed by atoms with Gasteiger partial charge in [-0.15, -0.1) is 11.6 Å². The van der Waals surface area contributed by atoms with E-state index in [1.165, 1.54) is 22.2 Å². The van der Waals surface area contributed by atoms with Crippen molar-refractivity contribution in [2.45, 2.75) is 25.3 Å². The molecule has 0 bridgehead atoms. The summed E-state index contributed by atoms with van der Waals surface area (Å²) >= 11 is 5.56. The topological polar surface area (TPSA) is 44.9 Å². The van der Waals surface area contributed by atoms with Crippen LogP contribution in [-0.4, -0.2) is 22.8 Å². The van der Waals surface area contributed by atoms with Gasteiger partial charge in [0.05, 0.1) is 0 Å². The van der Waals surface area contributed by atoms with Crippen LogP contribution in [0.2, 0.25) is 0 Å². The molecule has 3 rings (SSSR count). The van der Waals surface area contributed by atoms with E-state index in [1.807, 2.05) is 6.07 Å². The van der Waals surface area contributed by atoms with Crippen LogP contribution in [0.4, 0.5) is 0 Å². The van der Waals surface area contributed by atoms with Crippen molar-refractivity contribution in [2.24, 2.45) is 0 Å². The van der Waals surface area contributed by atoms with E-state index >= 15 is 0 Å². The van der Waals surface area contributed by atoms with Gasteiger partial charge in [0, 0.05) is 41.4 Å². The number of halogens is 1. The Hall–Kier alpha value is -1.48. The van der Waals surface area contributed by atoms with Crippen molar-refractivity contribution in [2.75, 3.05) is 5.88 Å². The van der Waals surface area contributed by atoms with E-state index in [2.05, 4.69) is 28.5 Å². The van der Waals surface area contributed by atoms with Crippen LogP contribution in [0.5, 0.6) is 0 Å². The van der Waals surface area contributed by atoms with Gasteiger partial charge in [-0.25, -0.2) is 0 Å². The first-order chi connectivity index (χ1) is 8.78.